The van der Waals surface area contributed by atoms with Crippen LogP contribution in [0.5, 0.6) is 0 Å². The van der Waals surface area contributed by atoms with Crippen LogP contribution < -0.4 is 4.90 Å². The number of amides is 1. The summed E-state index contributed by atoms with van der Waals surface area (Å²) in [6.45, 7) is 2.38. The molecule has 8 nitrogen and oxygen atoms in total. The van der Waals surface area contributed by atoms with Crippen molar-refractivity contribution < 1.29 is 13.2 Å². The minimum Gasteiger partial charge on any atom is -0.283 e. The number of carbonyl (C=O) groups is 1. The van der Waals surface area contributed by atoms with Gasteiger partial charge in [-0.1, -0.05) is 36.5 Å². The molecule has 2 fully saturated rings. The second-order valence-corrected chi connectivity index (χ2v) is 11.0. The topological polar surface area (TPSA) is 86.7 Å². The van der Waals surface area contributed by atoms with E-state index in [1.165, 1.54) is 19.9 Å². The van der Waals surface area contributed by atoms with Crippen LogP contribution in [-0.4, -0.2) is 58.6 Å². The average molecular weight is 458 g/mol. The third-order valence-corrected chi connectivity index (χ3v) is 9.10. The van der Waals surface area contributed by atoms with Crippen molar-refractivity contribution >= 4 is 42.8 Å². The van der Waals surface area contributed by atoms with Crippen molar-refractivity contribution in [1.29, 1.82) is 0 Å². The minimum atomic E-state index is -3.75. The number of hydrogen-bond acceptors (Lipinski definition) is 6. The highest BCUT2D eigenvalue weighted by atomic mass is 32.2. The zero-order chi connectivity index (χ0) is 21.8. The molecule has 2 aliphatic heterocycles. The Hall–Kier alpha value is -2.40. The first-order valence-corrected chi connectivity index (χ1v) is 12.4. The molecule has 3 atom stereocenters. The van der Waals surface area contributed by atoms with Crippen molar-refractivity contribution in [1.82, 2.24) is 18.6 Å². The van der Waals surface area contributed by atoms with Gasteiger partial charge in [0.2, 0.25) is 5.91 Å². The summed E-state index contributed by atoms with van der Waals surface area (Å²) >= 11 is 1.47. The lowest BCUT2D eigenvalue weighted by molar-refractivity contribution is -0.120. The van der Waals surface area contributed by atoms with Crippen molar-refractivity contribution in [3.8, 4) is 0 Å². The summed E-state index contributed by atoms with van der Waals surface area (Å²) in [5.41, 5.74) is 1.53. The summed E-state index contributed by atoms with van der Waals surface area (Å²) in [4.78, 5) is 23.8. The molecule has 1 amide bonds. The highest BCUT2D eigenvalue weighted by Crippen LogP contribution is 2.43. The third kappa shape index (κ3) is 3.34. The Morgan fingerprint density at radius 1 is 1.19 bits per heavy atom. The average Bonchev–Trinajstić information content (AvgIpc) is 3.44. The summed E-state index contributed by atoms with van der Waals surface area (Å²) < 4.78 is 30.6. The molecule has 2 aromatic heterocycles. The van der Waals surface area contributed by atoms with Crippen LogP contribution in [0.4, 0.5) is 5.13 Å². The fourth-order valence-electron chi connectivity index (χ4n) is 4.61. The lowest BCUT2D eigenvalue weighted by Gasteiger charge is -2.29. The second-order valence-electron chi connectivity index (χ2n) is 8.00. The molecule has 4 heterocycles. The van der Waals surface area contributed by atoms with Crippen molar-refractivity contribution in [3.05, 3.63) is 54.4 Å². The van der Waals surface area contributed by atoms with E-state index in [2.05, 4.69) is 9.97 Å². The van der Waals surface area contributed by atoms with Crippen LogP contribution in [0.2, 0.25) is 0 Å². The SMILES string of the molecule is C[C@@H]1C(=O)N(c2nc3ccccc3s2)[C@H]2CCN(S(=O)(=O)N(C)Cc3ccccn3)[C@H]12. The summed E-state index contributed by atoms with van der Waals surface area (Å²) in [5.74, 6) is -0.501. The van der Waals surface area contributed by atoms with E-state index in [1.54, 1.807) is 30.3 Å². The lowest BCUT2D eigenvalue weighted by atomic mass is 10.0. The van der Waals surface area contributed by atoms with E-state index in [0.29, 0.717) is 23.8 Å². The molecule has 1 aromatic carbocycles. The molecular weight excluding hydrogens is 434 g/mol. The van der Waals surface area contributed by atoms with Gasteiger partial charge in [0, 0.05) is 19.8 Å². The first-order chi connectivity index (χ1) is 14.9. The number of carbonyl (C=O) groups excluding carboxylic acids is 1. The van der Waals surface area contributed by atoms with Crippen LogP contribution in [0.15, 0.2) is 48.7 Å². The van der Waals surface area contributed by atoms with E-state index in [9.17, 15) is 13.2 Å². The van der Waals surface area contributed by atoms with Crippen molar-refractivity contribution in [2.24, 2.45) is 5.92 Å². The molecule has 0 saturated carbocycles. The standard InChI is InChI=1S/C21H23N5O3S2/c1-14-19-17(26(20(14)27)21-23-16-8-3-4-9-18(16)30-21)10-12-25(19)31(28,29)24(2)13-15-7-5-6-11-22-15/h3-9,11,14,17,19H,10,12-13H2,1-2H3/t14-,17-,19+/m0/s1. The van der Waals surface area contributed by atoms with Gasteiger partial charge in [-0.05, 0) is 30.7 Å². The largest absolute Gasteiger partial charge is 0.283 e. The predicted molar refractivity (Wildman–Crippen MR) is 120 cm³/mol. The summed E-state index contributed by atoms with van der Waals surface area (Å²) in [6.07, 6.45) is 2.24. The molecule has 2 aliphatic rings. The number of thiazole rings is 1. The molecule has 0 radical (unpaired) electrons. The zero-order valence-corrected chi connectivity index (χ0v) is 18.9. The molecule has 10 heteroatoms. The molecule has 3 aromatic rings. The maximum Gasteiger partial charge on any atom is 0.282 e. The summed E-state index contributed by atoms with van der Waals surface area (Å²) in [5, 5.41) is 0.645. The fourth-order valence-corrected chi connectivity index (χ4v) is 7.26. The van der Waals surface area contributed by atoms with Gasteiger partial charge < -0.3 is 0 Å². The van der Waals surface area contributed by atoms with Crippen molar-refractivity contribution in [2.75, 3.05) is 18.5 Å². The van der Waals surface area contributed by atoms with Crippen molar-refractivity contribution in [3.63, 3.8) is 0 Å². The number of aromatic nitrogens is 2. The maximum absolute atomic E-state index is 13.4. The Labute approximate surface area is 185 Å². The van der Waals surface area contributed by atoms with Crippen LogP contribution in [0.1, 0.15) is 19.0 Å². The highest BCUT2D eigenvalue weighted by molar-refractivity contribution is 7.86. The smallest absolute Gasteiger partial charge is 0.282 e. The molecule has 2 saturated heterocycles. The molecule has 0 unspecified atom stereocenters. The Kier molecular flexibility index (Phi) is 5.04. The van der Waals surface area contributed by atoms with Crippen LogP contribution in [0.25, 0.3) is 10.2 Å². The van der Waals surface area contributed by atoms with Gasteiger partial charge in [-0.25, -0.2) is 4.98 Å². The van der Waals surface area contributed by atoms with Crippen LogP contribution in [0, 0.1) is 5.92 Å². The van der Waals surface area contributed by atoms with Crippen LogP contribution >= 0.6 is 11.3 Å². The van der Waals surface area contributed by atoms with E-state index in [4.69, 9.17) is 0 Å². The zero-order valence-electron chi connectivity index (χ0n) is 17.2. The Morgan fingerprint density at radius 3 is 2.71 bits per heavy atom. The van der Waals surface area contributed by atoms with E-state index < -0.39 is 22.2 Å². The molecule has 0 bridgehead atoms. The van der Waals surface area contributed by atoms with Gasteiger partial charge in [0.15, 0.2) is 5.13 Å². The monoisotopic (exact) mass is 457 g/mol. The quantitative estimate of drug-likeness (QED) is 0.588. The van der Waals surface area contributed by atoms with E-state index >= 15 is 0 Å². The Balaban J connectivity index is 1.43. The van der Waals surface area contributed by atoms with Crippen LogP contribution in [0.3, 0.4) is 0 Å². The number of hydrogen-bond donors (Lipinski definition) is 0. The lowest BCUT2D eigenvalue weighted by Crippen LogP contribution is -2.47. The summed E-state index contributed by atoms with van der Waals surface area (Å²) in [6, 6.07) is 12.6. The normalized spacial score (nSPS) is 24.4. The number of benzene rings is 1. The van der Waals surface area contributed by atoms with Gasteiger partial charge >= 0.3 is 0 Å². The number of pyridine rings is 1. The highest BCUT2D eigenvalue weighted by Gasteiger charge is 2.56. The van der Waals surface area contributed by atoms with Crippen molar-refractivity contribution in [2.45, 2.75) is 32.0 Å². The van der Waals surface area contributed by atoms with Gasteiger partial charge in [-0.15, -0.1) is 0 Å². The van der Waals surface area contributed by atoms with Gasteiger partial charge in [0.1, 0.15) is 0 Å². The predicted octanol–water partition coefficient (Wildman–Crippen LogP) is 2.49. The minimum absolute atomic E-state index is 0.0682. The second kappa shape index (κ2) is 7.63. The van der Waals surface area contributed by atoms with Gasteiger partial charge in [0.05, 0.1) is 40.5 Å². The van der Waals surface area contributed by atoms with Gasteiger partial charge in [-0.2, -0.15) is 17.0 Å². The van der Waals surface area contributed by atoms with E-state index in [1.807, 2.05) is 37.3 Å². The Morgan fingerprint density at radius 2 is 1.97 bits per heavy atom. The molecule has 0 spiro atoms. The molecule has 0 N–H and O–H groups in total. The number of anilines is 1. The fraction of sp³-hybridized carbons (Fsp3) is 0.381. The number of rotatable bonds is 5. The molecule has 5 rings (SSSR count). The first-order valence-electron chi connectivity index (χ1n) is 10.2. The van der Waals surface area contributed by atoms with Crippen LogP contribution in [-0.2, 0) is 21.5 Å². The molecule has 0 aliphatic carbocycles. The molecular formula is C21H23N5O3S2. The summed E-state index contributed by atoms with van der Waals surface area (Å²) in [7, 11) is -2.19. The Bertz CT molecular complexity index is 1200. The molecule has 162 valence electrons. The van der Waals surface area contributed by atoms with E-state index in [0.717, 1.165) is 10.2 Å². The van der Waals surface area contributed by atoms with Gasteiger partial charge in [-0.3, -0.25) is 14.7 Å². The number of para-hydroxylation sites is 1. The molecule has 31 heavy (non-hydrogen) atoms. The number of fused-ring (bicyclic) bond motifs is 2. The third-order valence-electron chi connectivity index (χ3n) is 6.13. The first kappa shape index (κ1) is 20.5. The van der Waals surface area contributed by atoms with Gasteiger partial charge in [0.25, 0.3) is 10.2 Å². The maximum atomic E-state index is 13.4. The number of nitrogens with zero attached hydrogens (tertiary/aromatic N) is 5. The van der Waals surface area contributed by atoms with E-state index in [-0.39, 0.29) is 18.5 Å².